The molecule has 0 aromatic heterocycles. The number of rotatable bonds is 4. The number of carbonyl (C=O) groups excluding carboxylic acids is 1. The smallest absolute Gasteiger partial charge is 0.410 e. The van der Waals surface area contributed by atoms with Gasteiger partial charge in [-0.1, -0.05) is 30.1 Å². The lowest BCUT2D eigenvalue weighted by Crippen LogP contribution is -2.37. The van der Waals surface area contributed by atoms with Gasteiger partial charge in [0.1, 0.15) is 11.9 Å². The molecule has 0 radical (unpaired) electrons. The summed E-state index contributed by atoms with van der Waals surface area (Å²) >= 11 is 12.1. The third-order valence-electron chi connectivity index (χ3n) is 3.77. The number of cyclic esters (lactones) is 1. The van der Waals surface area contributed by atoms with Crippen LogP contribution in [-0.2, 0) is 4.74 Å². The summed E-state index contributed by atoms with van der Waals surface area (Å²) in [6, 6.07) is 2.75. The fourth-order valence-electron chi connectivity index (χ4n) is 2.50. The van der Waals surface area contributed by atoms with Gasteiger partial charge in [-0.25, -0.2) is 4.79 Å². The average Bonchev–Trinajstić information content (AvgIpc) is 2.71. The lowest BCUT2D eigenvalue weighted by Gasteiger charge is -2.25. The molecule has 0 saturated carbocycles. The molecular weight excluding hydrogens is 317 g/mol. The van der Waals surface area contributed by atoms with E-state index in [4.69, 9.17) is 33.0 Å². The first-order valence-electron chi connectivity index (χ1n) is 6.61. The SMILES string of the molecule is C[C@@H](CN1C(=O)O[C@@H](CO)[C@@H]1C)c1c(O)ccc(Cl)c1Cl. The predicted molar refractivity (Wildman–Crippen MR) is 80.1 cm³/mol. The molecule has 1 saturated heterocycles. The summed E-state index contributed by atoms with van der Waals surface area (Å²) in [4.78, 5) is 13.3. The van der Waals surface area contributed by atoms with Crippen LogP contribution in [0.2, 0.25) is 10.0 Å². The third-order valence-corrected chi connectivity index (χ3v) is 4.59. The molecule has 1 aliphatic heterocycles. The Morgan fingerprint density at radius 3 is 2.67 bits per heavy atom. The minimum Gasteiger partial charge on any atom is -0.508 e. The van der Waals surface area contributed by atoms with E-state index < -0.39 is 12.2 Å². The summed E-state index contributed by atoms with van der Waals surface area (Å²) in [6.45, 7) is 3.73. The van der Waals surface area contributed by atoms with Crippen LogP contribution < -0.4 is 0 Å². The molecule has 1 heterocycles. The summed E-state index contributed by atoms with van der Waals surface area (Å²) in [5, 5.41) is 19.8. The van der Waals surface area contributed by atoms with Gasteiger partial charge in [-0.3, -0.25) is 0 Å². The summed E-state index contributed by atoms with van der Waals surface area (Å²) in [5.41, 5.74) is 0.497. The monoisotopic (exact) mass is 333 g/mol. The van der Waals surface area contributed by atoms with Crippen LogP contribution >= 0.6 is 23.2 Å². The van der Waals surface area contributed by atoms with Gasteiger partial charge in [-0.2, -0.15) is 0 Å². The Morgan fingerprint density at radius 1 is 1.43 bits per heavy atom. The molecule has 7 heteroatoms. The Labute approximate surface area is 133 Å². The predicted octanol–water partition coefficient (Wildman–Crippen LogP) is 3.00. The van der Waals surface area contributed by atoms with Gasteiger partial charge < -0.3 is 19.8 Å². The number of hydrogen-bond acceptors (Lipinski definition) is 4. The van der Waals surface area contributed by atoms with Crippen molar-refractivity contribution < 1.29 is 19.7 Å². The highest BCUT2D eigenvalue weighted by Crippen LogP contribution is 2.38. The van der Waals surface area contributed by atoms with Gasteiger partial charge >= 0.3 is 6.09 Å². The average molecular weight is 334 g/mol. The number of halogens is 2. The van der Waals surface area contributed by atoms with Crippen molar-refractivity contribution >= 4 is 29.3 Å². The molecule has 2 N–H and O–H groups in total. The molecule has 1 amide bonds. The Hall–Kier alpha value is -1.17. The van der Waals surface area contributed by atoms with Crippen molar-refractivity contribution in [3.8, 4) is 5.75 Å². The van der Waals surface area contributed by atoms with Gasteiger partial charge in [0.15, 0.2) is 0 Å². The quantitative estimate of drug-likeness (QED) is 0.888. The summed E-state index contributed by atoms with van der Waals surface area (Å²) in [7, 11) is 0. The Balaban J connectivity index is 2.21. The van der Waals surface area contributed by atoms with Crippen molar-refractivity contribution in [3.63, 3.8) is 0 Å². The molecule has 1 aromatic rings. The number of aliphatic hydroxyl groups is 1. The highest BCUT2D eigenvalue weighted by Gasteiger charge is 2.39. The zero-order chi connectivity index (χ0) is 15.7. The van der Waals surface area contributed by atoms with Crippen LogP contribution in [0, 0.1) is 0 Å². The van der Waals surface area contributed by atoms with Crippen LogP contribution in [0.25, 0.3) is 0 Å². The number of carbonyl (C=O) groups is 1. The topological polar surface area (TPSA) is 70.0 Å². The lowest BCUT2D eigenvalue weighted by molar-refractivity contribution is 0.0853. The van der Waals surface area contributed by atoms with Crippen molar-refractivity contribution in [1.82, 2.24) is 4.90 Å². The summed E-state index contributed by atoms with van der Waals surface area (Å²) in [6.07, 6.45) is -1.01. The molecule has 1 aromatic carbocycles. The highest BCUT2D eigenvalue weighted by atomic mass is 35.5. The second-order valence-electron chi connectivity index (χ2n) is 5.19. The van der Waals surface area contributed by atoms with Crippen molar-refractivity contribution in [3.05, 3.63) is 27.7 Å². The van der Waals surface area contributed by atoms with E-state index in [1.54, 1.807) is 6.92 Å². The van der Waals surface area contributed by atoms with E-state index in [1.807, 2.05) is 6.92 Å². The van der Waals surface area contributed by atoms with Crippen molar-refractivity contribution in [1.29, 1.82) is 0 Å². The van der Waals surface area contributed by atoms with Gasteiger partial charge in [0.25, 0.3) is 0 Å². The number of phenolic OH excluding ortho intramolecular Hbond substituents is 1. The minimum absolute atomic E-state index is 0.0378. The number of benzene rings is 1. The van der Waals surface area contributed by atoms with E-state index >= 15 is 0 Å². The molecule has 5 nitrogen and oxygen atoms in total. The molecule has 0 spiro atoms. The van der Waals surface area contributed by atoms with Crippen LogP contribution in [0.5, 0.6) is 5.75 Å². The molecular formula is C14H17Cl2NO4. The molecule has 3 atom stereocenters. The molecule has 1 fully saturated rings. The Morgan fingerprint density at radius 2 is 2.10 bits per heavy atom. The second-order valence-corrected chi connectivity index (χ2v) is 5.98. The van der Waals surface area contributed by atoms with Crippen molar-refractivity contribution in [2.45, 2.75) is 31.9 Å². The lowest BCUT2D eigenvalue weighted by atomic mass is 9.98. The van der Waals surface area contributed by atoms with Gasteiger partial charge in [-0.05, 0) is 19.1 Å². The van der Waals surface area contributed by atoms with Gasteiger partial charge in [0.2, 0.25) is 0 Å². The summed E-state index contributed by atoms with van der Waals surface area (Å²) in [5.74, 6) is -0.195. The van der Waals surface area contributed by atoms with Gasteiger partial charge in [-0.15, -0.1) is 0 Å². The normalized spacial score (nSPS) is 23.3. The van der Waals surface area contributed by atoms with Gasteiger partial charge in [0.05, 0.1) is 22.7 Å². The van der Waals surface area contributed by atoms with Crippen LogP contribution in [0.4, 0.5) is 4.79 Å². The maximum atomic E-state index is 11.8. The maximum Gasteiger partial charge on any atom is 0.410 e. The van der Waals surface area contributed by atoms with Crippen LogP contribution in [0.15, 0.2) is 12.1 Å². The molecule has 116 valence electrons. The summed E-state index contributed by atoms with van der Waals surface area (Å²) < 4.78 is 5.07. The zero-order valence-electron chi connectivity index (χ0n) is 11.7. The Bertz CT molecular complexity index is 552. The fraction of sp³-hybridized carbons (Fsp3) is 0.500. The zero-order valence-corrected chi connectivity index (χ0v) is 13.2. The number of aromatic hydroxyl groups is 1. The van der Waals surface area contributed by atoms with Crippen molar-refractivity contribution in [2.75, 3.05) is 13.2 Å². The fourth-order valence-corrected chi connectivity index (χ4v) is 3.02. The van der Waals surface area contributed by atoms with Crippen LogP contribution in [-0.4, -0.2) is 46.5 Å². The standard InChI is InChI=1S/C14H17Cl2NO4/c1-7(12-10(19)4-3-9(15)13(12)16)5-17-8(2)11(6-18)21-14(17)20/h3-4,7-8,11,18-19H,5-6H2,1-2H3/t7-,8-,11-/m0/s1. The number of amides is 1. The number of nitrogens with zero attached hydrogens (tertiary/aromatic N) is 1. The molecule has 0 bridgehead atoms. The second kappa shape index (κ2) is 6.30. The third kappa shape index (κ3) is 3.05. The largest absolute Gasteiger partial charge is 0.508 e. The van der Waals surface area contributed by atoms with E-state index in [0.717, 1.165) is 0 Å². The van der Waals surface area contributed by atoms with E-state index in [-0.39, 0.29) is 29.3 Å². The first kappa shape index (κ1) is 16.2. The maximum absolute atomic E-state index is 11.8. The first-order chi connectivity index (χ1) is 9.86. The first-order valence-corrected chi connectivity index (χ1v) is 7.37. The van der Waals surface area contributed by atoms with Gasteiger partial charge in [0, 0.05) is 18.0 Å². The molecule has 0 unspecified atom stereocenters. The van der Waals surface area contributed by atoms with Crippen molar-refractivity contribution in [2.24, 2.45) is 0 Å². The number of hydrogen-bond donors (Lipinski definition) is 2. The minimum atomic E-state index is -0.534. The number of aliphatic hydroxyl groups excluding tert-OH is 1. The molecule has 0 aliphatic carbocycles. The van der Waals surface area contributed by atoms with E-state index in [2.05, 4.69) is 0 Å². The molecule has 2 rings (SSSR count). The molecule has 21 heavy (non-hydrogen) atoms. The number of ether oxygens (including phenoxy) is 1. The molecule has 1 aliphatic rings. The van der Waals surface area contributed by atoms with Crippen LogP contribution in [0.1, 0.15) is 25.3 Å². The van der Waals surface area contributed by atoms with E-state index in [0.29, 0.717) is 17.1 Å². The highest BCUT2D eigenvalue weighted by molar-refractivity contribution is 6.42. The Kier molecular flexibility index (Phi) is 4.86. The number of phenols is 1. The van der Waals surface area contributed by atoms with E-state index in [1.165, 1.54) is 17.0 Å². The van der Waals surface area contributed by atoms with Crippen LogP contribution in [0.3, 0.4) is 0 Å². The van der Waals surface area contributed by atoms with E-state index in [9.17, 15) is 9.90 Å².